The number of nitrogens with zero attached hydrogens (tertiary/aromatic N) is 3. The normalized spacial score (nSPS) is 16.8. The molecule has 0 saturated carbocycles. The highest BCUT2D eigenvalue weighted by Gasteiger charge is 2.19. The molecule has 0 aliphatic carbocycles. The first-order chi connectivity index (χ1) is 14.7. The van der Waals surface area contributed by atoms with Crippen molar-refractivity contribution < 1.29 is 4.74 Å². The SMILES string of the molecule is CN=C(NCCCN(Cc1ccccc1)Cc1ccccc1)N(C)CC1CCOC1. The van der Waals surface area contributed by atoms with Crippen LogP contribution in [0.25, 0.3) is 0 Å². The Labute approximate surface area is 181 Å². The topological polar surface area (TPSA) is 40.1 Å². The number of benzene rings is 2. The summed E-state index contributed by atoms with van der Waals surface area (Å²) in [5.74, 6) is 1.58. The van der Waals surface area contributed by atoms with Gasteiger partial charge in [-0.1, -0.05) is 60.7 Å². The second kappa shape index (κ2) is 12.4. The maximum atomic E-state index is 5.50. The van der Waals surface area contributed by atoms with Gasteiger partial charge in [0.15, 0.2) is 5.96 Å². The Morgan fingerprint density at radius 1 is 1.03 bits per heavy atom. The zero-order valence-electron chi connectivity index (χ0n) is 18.5. The van der Waals surface area contributed by atoms with Crippen molar-refractivity contribution in [3.8, 4) is 0 Å². The average molecular weight is 409 g/mol. The lowest BCUT2D eigenvalue weighted by Gasteiger charge is -2.26. The van der Waals surface area contributed by atoms with Gasteiger partial charge in [-0.05, 0) is 24.0 Å². The zero-order valence-corrected chi connectivity index (χ0v) is 18.5. The Kier molecular flexibility index (Phi) is 9.19. The number of nitrogens with one attached hydrogen (secondary N) is 1. The fourth-order valence-electron chi connectivity index (χ4n) is 3.99. The number of guanidine groups is 1. The van der Waals surface area contributed by atoms with Crippen LogP contribution in [0.3, 0.4) is 0 Å². The molecule has 0 radical (unpaired) electrons. The van der Waals surface area contributed by atoms with E-state index in [1.165, 1.54) is 11.1 Å². The molecule has 1 aliphatic rings. The van der Waals surface area contributed by atoms with Crippen LogP contribution < -0.4 is 5.32 Å². The molecule has 0 bridgehead atoms. The number of hydrogen-bond acceptors (Lipinski definition) is 3. The van der Waals surface area contributed by atoms with E-state index in [2.05, 4.69) is 87.8 Å². The van der Waals surface area contributed by atoms with Crippen molar-refractivity contribution in [2.75, 3.05) is 46.9 Å². The van der Waals surface area contributed by atoms with E-state index in [9.17, 15) is 0 Å². The second-order valence-corrected chi connectivity index (χ2v) is 8.12. The van der Waals surface area contributed by atoms with E-state index in [-0.39, 0.29) is 0 Å². The third kappa shape index (κ3) is 7.47. The summed E-state index contributed by atoms with van der Waals surface area (Å²) in [6.07, 6.45) is 2.22. The predicted octanol–water partition coefficient (Wildman–Crippen LogP) is 3.62. The van der Waals surface area contributed by atoms with E-state index in [0.29, 0.717) is 5.92 Å². The summed E-state index contributed by atoms with van der Waals surface area (Å²) >= 11 is 0. The molecule has 1 saturated heterocycles. The van der Waals surface area contributed by atoms with E-state index >= 15 is 0 Å². The lowest BCUT2D eigenvalue weighted by atomic mass is 10.1. The highest BCUT2D eigenvalue weighted by atomic mass is 16.5. The Morgan fingerprint density at radius 2 is 1.67 bits per heavy atom. The molecule has 5 nitrogen and oxygen atoms in total. The molecule has 0 spiro atoms. The fraction of sp³-hybridized carbons (Fsp3) is 0.480. The summed E-state index contributed by atoms with van der Waals surface area (Å²) in [4.78, 5) is 9.21. The van der Waals surface area contributed by atoms with Crippen LogP contribution in [-0.2, 0) is 17.8 Å². The van der Waals surface area contributed by atoms with Gasteiger partial charge in [0.1, 0.15) is 0 Å². The summed E-state index contributed by atoms with van der Waals surface area (Å²) in [5.41, 5.74) is 2.71. The van der Waals surface area contributed by atoms with Crippen molar-refractivity contribution in [2.45, 2.75) is 25.9 Å². The monoisotopic (exact) mass is 408 g/mol. The molecule has 2 aromatic rings. The van der Waals surface area contributed by atoms with Gasteiger partial charge in [-0.25, -0.2) is 0 Å². The van der Waals surface area contributed by atoms with E-state index in [1.54, 1.807) is 0 Å². The first-order valence-electron chi connectivity index (χ1n) is 11.0. The van der Waals surface area contributed by atoms with Crippen LogP contribution in [0, 0.1) is 5.92 Å². The minimum Gasteiger partial charge on any atom is -0.381 e. The van der Waals surface area contributed by atoms with E-state index in [0.717, 1.165) is 64.7 Å². The third-order valence-corrected chi connectivity index (χ3v) is 5.56. The summed E-state index contributed by atoms with van der Waals surface area (Å²) < 4.78 is 5.50. The van der Waals surface area contributed by atoms with Crippen molar-refractivity contribution in [2.24, 2.45) is 10.9 Å². The largest absolute Gasteiger partial charge is 0.381 e. The summed E-state index contributed by atoms with van der Waals surface area (Å²) in [6.45, 7) is 6.64. The average Bonchev–Trinajstić information content (AvgIpc) is 3.28. The van der Waals surface area contributed by atoms with Crippen LogP contribution >= 0.6 is 0 Å². The van der Waals surface area contributed by atoms with Crippen LogP contribution in [0.2, 0.25) is 0 Å². The standard InChI is InChI=1S/C25H36N4O/c1-26-25(28(2)18-24-14-17-30-21-24)27-15-9-16-29(19-22-10-5-3-6-11-22)20-23-12-7-4-8-13-23/h3-8,10-13,24H,9,14-21H2,1-2H3,(H,26,27). The molecule has 1 unspecified atom stereocenters. The van der Waals surface area contributed by atoms with Gasteiger partial charge < -0.3 is 15.0 Å². The quantitative estimate of drug-likeness (QED) is 0.370. The summed E-state index contributed by atoms with van der Waals surface area (Å²) in [5, 5.41) is 3.53. The molecule has 1 aliphatic heterocycles. The molecule has 0 amide bonds. The van der Waals surface area contributed by atoms with Gasteiger partial charge in [-0.3, -0.25) is 9.89 Å². The molecule has 2 aromatic carbocycles. The molecule has 5 heteroatoms. The van der Waals surface area contributed by atoms with Crippen LogP contribution in [0.4, 0.5) is 0 Å². The van der Waals surface area contributed by atoms with Gasteiger partial charge in [0.05, 0.1) is 6.61 Å². The smallest absolute Gasteiger partial charge is 0.193 e. The van der Waals surface area contributed by atoms with Gasteiger partial charge in [0, 0.05) is 59.3 Å². The minimum atomic E-state index is 0.612. The van der Waals surface area contributed by atoms with Crippen molar-refractivity contribution in [1.29, 1.82) is 0 Å². The Bertz CT molecular complexity index is 703. The maximum Gasteiger partial charge on any atom is 0.193 e. The van der Waals surface area contributed by atoms with Gasteiger partial charge in [-0.15, -0.1) is 0 Å². The minimum absolute atomic E-state index is 0.612. The van der Waals surface area contributed by atoms with Crippen molar-refractivity contribution in [1.82, 2.24) is 15.1 Å². The second-order valence-electron chi connectivity index (χ2n) is 8.12. The molecule has 1 N–H and O–H groups in total. The first-order valence-corrected chi connectivity index (χ1v) is 11.0. The molecule has 1 atom stereocenters. The van der Waals surface area contributed by atoms with Gasteiger partial charge in [-0.2, -0.15) is 0 Å². The van der Waals surface area contributed by atoms with E-state index < -0.39 is 0 Å². The van der Waals surface area contributed by atoms with Gasteiger partial charge >= 0.3 is 0 Å². The van der Waals surface area contributed by atoms with E-state index in [1.807, 2.05) is 7.05 Å². The van der Waals surface area contributed by atoms with Crippen LogP contribution in [0.1, 0.15) is 24.0 Å². The Morgan fingerprint density at radius 3 is 2.20 bits per heavy atom. The molecule has 30 heavy (non-hydrogen) atoms. The van der Waals surface area contributed by atoms with Gasteiger partial charge in [0.2, 0.25) is 0 Å². The lowest BCUT2D eigenvalue weighted by molar-refractivity contribution is 0.181. The molecule has 1 heterocycles. The highest BCUT2D eigenvalue weighted by Crippen LogP contribution is 2.13. The molecule has 1 fully saturated rings. The highest BCUT2D eigenvalue weighted by molar-refractivity contribution is 5.79. The maximum absolute atomic E-state index is 5.50. The van der Waals surface area contributed by atoms with Crippen LogP contribution in [0.15, 0.2) is 65.7 Å². The Balaban J connectivity index is 1.47. The van der Waals surface area contributed by atoms with Crippen LogP contribution in [0.5, 0.6) is 0 Å². The molecule has 0 aromatic heterocycles. The molecule has 3 rings (SSSR count). The number of ether oxygens (including phenoxy) is 1. The van der Waals surface area contributed by atoms with Gasteiger partial charge in [0.25, 0.3) is 0 Å². The Hall–Kier alpha value is -2.37. The predicted molar refractivity (Wildman–Crippen MR) is 125 cm³/mol. The lowest BCUT2D eigenvalue weighted by Crippen LogP contribution is -2.42. The van der Waals surface area contributed by atoms with E-state index in [4.69, 9.17) is 4.74 Å². The zero-order chi connectivity index (χ0) is 21.0. The first kappa shape index (κ1) is 22.3. The number of hydrogen-bond donors (Lipinski definition) is 1. The van der Waals surface area contributed by atoms with Crippen molar-refractivity contribution >= 4 is 5.96 Å². The summed E-state index contributed by atoms with van der Waals surface area (Å²) in [7, 11) is 3.98. The third-order valence-electron chi connectivity index (χ3n) is 5.56. The van der Waals surface area contributed by atoms with Crippen LogP contribution in [-0.4, -0.2) is 62.7 Å². The number of aliphatic imine (C=N–C) groups is 1. The van der Waals surface area contributed by atoms with Crippen molar-refractivity contribution in [3.63, 3.8) is 0 Å². The summed E-state index contributed by atoms with van der Waals surface area (Å²) in [6, 6.07) is 21.5. The molecular weight excluding hydrogens is 372 g/mol. The molecular formula is C25H36N4O. The number of rotatable bonds is 10. The fourth-order valence-corrected chi connectivity index (χ4v) is 3.99. The molecule has 162 valence electrons. The van der Waals surface area contributed by atoms with Crippen molar-refractivity contribution in [3.05, 3.63) is 71.8 Å².